The van der Waals surface area contributed by atoms with Crippen molar-refractivity contribution in [2.75, 3.05) is 10.6 Å². The predicted molar refractivity (Wildman–Crippen MR) is 100 cm³/mol. The van der Waals surface area contributed by atoms with Crippen LogP contribution in [0.15, 0.2) is 36.4 Å². The molecule has 1 aliphatic rings. The highest BCUT2D eigenvalue weighted by molar-refractivity contribution is 5.88. The van der Waals surface area contributed by atoms with Crippen molar-refractivity contribution in [1.29, 1.82) is 0 Å². The summed E-state index contributed by atoms with van der Waals surface area (Å²) in [7, 11) is 0. The minimum atomic E-state index is -0.210. The maximum Gasteiger partial charge on any atom is 0.320 e. The van der Waals surface area contributed by atoms with Gasteiger partial charge in [0.1, 0.15) is 0 Å². The minimum absolute atomic E-state index is 0.210. The van der Waals surface area contributed by atoms with E-state index in [1.54, 1.807) is 6.07 Å². The highest BCUT2D eigenvalue weighted by Gasteiger charge is 2.15. The van der Waals surface area contributed by atoms with E-state index < -0.39 is 0 Å². The number of hydrogen-bond donors (Lipinski definition) is 3. The summed E-state index contributed by atoms with van der Waals surface area (Å²) in [6.07, 6.45) is 6.69. The third kappa shape index (κ3) is 4.92. The van der Waals surface area contributed by atoms with Gasteiger partial charge in [0.15, 0.2) is 11.6 Å². The smallest absolute Gasteiger partial charge is 0.320 e. The van der Waals surface area contributed by atoms with Crippen LogP contribution >= 0.6 is 0 Å². The van der Waals surface area contributed by atoms with E-state index in [0.29, 0.717) is 11.6 Å². The first-order valence-electron chi connectivity index (χ1n) is 9.01. The van der Waals surface area contributed by atoms with E-state index in [9.17, 15) is 4.79 Å². The average molecular weight is 339 g/mol. The van der Waals surface area contributed by atoms with Gasteiger partial charge < -0.3 is 10.6 Å². The molecule has 0 aliphatic heterocycles. The Labute approximate surface area is 148 Å². The molecule has 0 bridgehead atoms. The van der Waals surface area contributed by atoms with Crippen LogP contribution in [0.5, 0.6) is 0 Å². The first-order chi connectivity index (χ1) is 12.2. The largest absolute Gasteiger partial charge is 0.339 e. The van der Waals surface area contributed by atoms with E-state index in [0.717, 1.165) is 24.9 Å². The molecule has 0 spiro atoms. The van der Waals surface area contributed by atoms with Crippen molar-refractivity contribution in [3.05, 3.63) is 42.0 Å². The molecular weight excluding hydrogens is 314 g/mol. The summed E-state index contributed by atoms with van der Waals surface area (Å²) in [5, 5.41) is 17.2. The molecule has 1 heterocycles. The zero-order valence-corrected chi connectivity index (χ0v) is 14.6. The number of amides is 2. The summed E-state index contributed by atoms with van der Waals surface area (Å²) in [5.41, 5.74) is 2.24. The quantitative estimate of drug-likeness (QED) is 0.761. The number of anilines is 3. The van der Waals surface area contributed by atoms with Crippen LogP contribution in [0.1, 0.15) is 44.6 Å². The summed E-state index contributed by atoms with van der Waals surface area (Å²) in [5.74, 6) is 1.10. The first kappa shape index (κ1) is 17.2. The van der Waals surface area contributed by atoms with Gasteiger partial charge in [-0.15, -0.1) is 10.2 Å². The van der Waals surface area contributed by atoms with Crippen molar-refractivity contribution in [3.63, 3.8) is 0 Å². The lowest BCUT2D eigenvalue weighted by molar-refractivity contribution is 0.244. The van der Waals surface area contributed by atoms with Gasteiger partial charge in [-0.3, -0.25) is 5.32 Å². The normalized spacial score (nSPS) is 14.8. The number of urea groups is 1. The Kier molecular flexibility index (Phi) is 5.82. The van der Waals surface area contributed by atoms with E-state index >= 15 is 0 Å². The topological polar surface area (TPSA) is 78.9 Å². The van der Waals surface area contributed by atoms with Crippen molar-refractivity contribution < 1.29 is 4.79 Å². The van der Waals surface area contributed by atoms with Gasteiger partial charge in [-0.2, -0.15) is 0 Å². The Morgan fingerprint density at radius 2 is 1.76 bits per heavy atom. The second-order valence-corrected chi connectivity index (χ2v) is 6.37. The first-order valence-corrected chi connectivity index (χ1v) is 9.01. The number of aryl methyl sites for hydroxylation is 1. The van der Waals surface area contributed by atoms with E-state index in [1.165, 1.54) is 24.8 Å². The molecular formula is C19H25N5O. The van der Waals surface area contributed by atoms with Crippen molar-refractivity contribution in [2.45, 2.75) is 51.5 Å². The number of carbonyl (C=O) groups excluding carboxylic acids is 1. The lowest BCUT2D eigenvalue weighted by Crippen LogP contribution is -2.39. The second kappa shape index (κ2) is 8.46. The Hall–Kier alpha value is -2.63. The zero-order valence-electron chi connectivity index (χ0n) is 14.6. The summed E-state index contributed by atoms with van der Waals surface area (Å²) in [4.78, 5) is 12.0. The minimum Gasteiger partial charge on any atom is -0.339 e. The van der Waals surface area contributed by atoms with E-state index in [1.807, 2.05) is 24.3 Å². The molecule has 3 rings (SSSR count). The van der Waals surface area contributed by atoms with Crippen LogP contribution in [0.3, 0.4) is 0 Å². The molecule has 1 fully saturated rings. The third-order valence-electron chi connectivity index (χ3n) is 4.51. The van der Waals surface area contributed by atoms with Crippen molar-refractivity contribution >= 4 is 23.4 Å². The molecule has 1 aromatic heterocycles. The van der Waals surface area contributed by atoms with Crippen molar-refractivity contribution in [3.8, 4) is 0 Å². The fraction of sp³-hybridized carbons (Fsp3) is 0.421. The molecule has 3 N–H and O–H groups in total. The van der Waals surface area contributed by atoms with Gasteiger partial charge in [0.2, 0.25) is 0 Å². The molecule has 25 heavy (non-hydrogen) atoms. The highest BCUT2D eigenvalue weighted by Crippen LogP contribution is 2.20. The van der Waals surface area contributed by atoms with Gasteiger partial charge >= 0.3 is 6.03 Å². The van der Waals surface area contributed by atoms with Crippen LogP contribution in [0.2, 0.25) is 0 Å². The van der Waals surface area contributed by atoms with Gasteiger partial charge in [0.05, 0.1) is 0 Å². The van der Waals surface area contributed by atoms with Gasteiger partial charge in [0.25, 0.3) is 0 Å². The molecule has 6 nitrogen and oxygen atoms in total. The monoisotopic (exact) mass is 339 g/mol. The zero-order chi connectivity index (χ0) is 17.5. The molecule has 0 saturated heterocycles. The van der Waals surface area contributed by atoms with Crippen LogP contribution in [-0.4, -0.2) is 22.3 Å². The number of nitrogens with one attached hydrogen (secondary N) is 3. The maximum absolute atomic E-state index is 12.0. The molecule has 1 aromatic carbocycles. The molecule has 1 saturated carbocycles. The molecule has 6 heteroatoms. The SMILES string of the molecule is CCc1ccccc1Nc1ccc(NC(=O)NC2CCCCC2)nn1. The number of aromatic nitrogens is 2. The maximum atomic E-state index is 12.0. The Balaban J connectivity index is 1.55. The summed E-state index contributed by atoms with van der Waals surface area (Å²) in [6, 6.07) is 11.7. The van der Waals surface area contributed by atoms with Crippen LogP contribution in [0.25, 0.3) is 0 Å². The molecule has 0 radical (unpaired) electrons. The van der Waals surface area contributed by atoms with Crippen molar-refractivity contribution in [1.82, 2.24) is 15.5 Å². The number of para-hydroxylation sites is 1. The van der Waals surface area contributed by atoms with Crippen LogP contribution in [-0.2, 0) is 6.42 Å². The van der Waals surface area contributed by atoms with E-state index in [4.69, 9.17) is 0 Å². The van der Waals surface area contributed by atoms with Gasteiger partial charge in [0, 0.05) is 11.7 Å². The van der Waals surface area contributed by atoms with Gasteiger partial charge in [-0.1, -0.05) is 44.4 Å². The summed E-state index contributed by atoms with van der Waals surface area (Å²) in [6.45, 7) is 2.12. The fourth-order valence-corrected chi connectivity index (χ4v) is 3.14. The number of nitrogens with zero attached hydrogens (tertiary/aromatic N) is 2. The lowest BCUT2D eigenvalue weighted by Gasteiger charge is -2.22. The van der Waals surface area contributed by atoms with Crippen molar-refractivity contribution in [2.24, 2.45) is 0 Å². The van der Waals surface area contributed by atoms with Crippen LogP contribution in [0.4, 0.5) is 22.1 Å². The average Bonchev–Trinajstić information content (AvgIpc) is 2.64. The Morgan fingerprint density at radius 1 is 1.04 bits per heavy atom. The number of rotatable bonds is 5. The summed E-state index contributed by atoms with van der Waals surface area (Å²) >= 11 is 0. The van der Waals surface area contributed by atoms with Crippen LogP contribution < -0.4 is 16.0 Å². The van der Waals surface area contributed by atoms with Gasteiger partial charge in [-0.05, 0) is 43.0 Å². The second-order valence-electron chi connectivity index (χ2n) is 6.37. The van der Waals surface area contributed by atoms with E-state index in [-0.39, 0.29) is 12.1 Å². The molecule has 0 unspecified atom stereocenters. The third-order valence-corrected chi connectivity index (χ3v) is 4.51. The molecule has 0 atom stereocenters. The Morgan fingerprint density at radius 3 is 2.48 bits per heavy atom. The molecule has 2 amide bonds. The number of benzene rings is 1. The number of carbonyl (C=O) groups is 1. The fourth-order valence-electron chi connectivity index (χ4n) is 3.14. The lowest BCUT2D eigenvalue weighted by atomic mass is 9.96. The molecule has 1 aliphatic carbocycles. The Bertz CT molecular complexity index is 695. The highest BCUT2D eigenvalue weighted by atomic mass is 16.2. The van der Waals surface area contributed by atoms with Gasteiger partial charge in [-0.25, -0.2) is 4.79 Å². The standard InChI is InChI=1S/C19H25N5O/c1-2-14-8-6-7-11-16(14)21-17-12-13-18(24-23-17)22-19(25)20-15-9-4-3-5-10-15/h6-8,11-13,15H,2-5,9-10H2,1H3,(H,21,23)(H2,20,22,24,25). The molecule has 132 valence electrons. The number of hydrogen-bond acceptors (Lipinski definition) is 4. The molecule has 2 aromatic rings. The summed E-state index contributed by atoms with van der Waals surface area (Å²) < 4.78 is 0. The van der Waals surface area contributed by atoms with E-state index in [2.05, 4.69) is 39.1 Å². The van der Waals surface area contributed by atoms with Crippen LogP contribution in [0, 0.1) is 0 Å². The predicted octanol–water partition coefficient (Wildman–Crippen LogP) is 4.24.